The summed E-state index contributed by atoms with van der Waals surface area (Å²) >= 11 is 0. The van der Waals surface area contributed by atoms with Gasteiger partial charge in [-0.2, -0.15) is 0 Å². The Bertz CT molecular complexity index is 1180. The molecule has 10 heteroatoms. The number of allylic oxidation sites excluding steroid dienone is 3. The predicted molar refractivity (Wildman–Crippen MR) is 138 cm³/mol. The molecule has 10 nitrogen and oxygen atoms in total. The van der Waals surface area contributed by atoms with Crippen LogP contribution in [0.25, 0.3) is 0 Å². The number of esters is 3. The Morgan fingerprint density at radius 3 is 2.34 bits per heavy atom. The van der Waals surface area contributed by atoms with Crippen molar-refractivity contribution in [1.29, 1.82) is 0 Å². The summed E-state index contributed by atoms with van der Waals surface area (Å²) in [6.07, 6.45) is 8.45. The van der Waals surface area contributed by atoms with Gasteiger partial charge in [0.2, 0.25) is 0 Å². The molecular weight excluding hydrogens is 494 g/mol. The van der Waals surface area contributed by atoms with E-state index in [0.29, 0.717) is 37.3 Å². The van der Waals surface area contributed by atoms with Crippen LogP contribution < -0.4 is 9.47 Å². The fraction of sp³-hybridized carbons (Fsp3) is 0.464. The lowest BCUT2D eigenvalue weighted by atomic mass is 9.60. The van der Waals surface area contributed by atoms with Gasteiger partial charge in [0, 0.05) is 52.1 Å². The van der Waals surface area contributed by atoms with Crippen LogP contribution >= 0.6 is 0 Å². The Labute approximate surface area is 222 Å². The van der Waals surface area contributed by atoms with Gasteiger partial charge in [-0.15, -0.1) is 0 Å². The van der Waals surface area contributed by atoms with Crippen LogP contribution in [0, 0.1) is 0 Å². The average Bonchev–Trinajstić information content (AvgIpc) is 2.93. The summed E-state index contributed by atoms with van der Waals surface area (Å²) in [7, 11) is 8.82. The molecule has 0 aliphatic heterocycles. The number of likely N-dealkylation sites (N-methyl/N-ethyl adjacent to an activating group) is 1. The Kier molecular flexibility index (Phi) is 9.01. The lowest BCUT2D eigenvalue weighted by molar-refractivity contribution is -0.185. The number of ether oxygens (including phenoxy) is 6. The Morgan fingerprint density at radius 2 is 1.76 bits per heavy atom. The van der Waals surface area contributed by atoms with Gasteiger partial charge in [-0.05, 0) is 36.1 Å². The van der Waals surface area contributed by atoms with E-state index in [2.05, 4.69) is 6.08 Å². The number of nitrogens with zero attached hydrogens (tertiary/aromatic N) is 1. The molecule has 38 heavy (non-hydrogen) atoms. The van der Waals surface area contributed by atoms with Crippen molar-refractivity contribution in [1.82, 2.24) is 4.90 Å². The molecule has 0 spiro atoms. The highest BCUT2D eigenvalue weighted by atomic mass is 16.7. The second-order valence-corrected chi connectivity index (χ2v) is 9.12. The maximum absolute atomic E-state index is 12.5. The Morgan fingerprint density at radius 1 is 1.05 bits per heavy atom. The molecule has 0 bridgehead atoms. The van der Waals surface area contributed by atoms with Crippen LogP contribution in [-0.2, 0) is 45.2 Å². The SMILES string of the molecule is COC(=O)/C=C(\C(=O)OC)N(C)CCC12CC(OC)(OC)C=CC1=CCc1ccc(OC)c(OC(C)=O)c12. The standard InChI is InChI=1S/C28H35NO9/c1-18(30)38-25-22(33-3)11-9-19-8-10-20-12-13-28(36-6,37-7)17-27(20,24(19)25)14-15-29(2)21(26(32)35-5)16-23(31)34-4/h9-13,16H,8,14-15,17H2,1-7H3/b21-16+. The van der Waals surface area contributed by atoms with E-state index in [1.165, 1.54) is 28.3 Å². The van der Waals surface area contributed by atoms with E-state index in [1.54, 1.807) is 32.2 Å². The minimum Gasteiger partial charge on any atom is -0.493 e. The summed E-state index contributed by atoms with van der Waals surface area (Å²) in [5, 5.41) is 0. The topological polar surface area (TPSA) is 110 Å². The summed E-state index contributed by atoms with van der Waals surface area (Å²) in [4.78, 5) is 38.3. The minimum absolute atomic E-state index is 0.0410. The second kappa shape index (κ2) is 11.8. The molecule has 2 aliphatic carbocycles. The number of rotatable bonds is 10. The smallest absolute Gasteiger partial charge is 0.354 e. The van der Waals surface area contributed by atoms with Crippen LogP contribution in [0.15, 0.2) is 47.7 Å². The van der Waals surface area contributed by atoms with E-state index in [1.807, 2.05) is 18.2 Å². The first kappa shape index (κ1) is 28.9. The number of hydrogen-bond acceptors (Lipinski definition) is 10. The third-order valence-corrected chi connectivity index (χ3v) is 7.14. The first-order chi connectivity index (χ1) is 18.1. The molecule has 0 heterocycles. The van der Waals surface area contributed by atoms with Crippen molar-refractivity contribution in [3.63, 3.8) is 0 Å². The molecule has 2 aliphatic rings. The number of fused-ring (bicyclic) bond motifs is 3. The molecule has 1 aromatic rings. The first-order valence-electron chi connectivity index (χ1n) is 12.1. The largest absolute Gasteiger partial charge is 0.493 e. The second-order valence-electron chi connectivity index (χ2n) is 9.12. The molecule has 0 radical (unpaired) electrons. The summed E-state index contributed by atoms with van der Waals surface area (Å²) in [6.45, 7) is 1.65. The lowest BCUT2D eigenvalue weighted by Crippen LogP contribution is -2.48. The molecule has 0 amide bonds. The van der Waals surface area contributed by atoms with Gasteiger partial charge >= 0.3 is 17.9 Å². The lowest BCUT2D eigenvalue weighted by Gasteiger charge is -2.48. The number of carbonyl (C=O) groups excluding carboxylic acids is 3. The van der Waals surface area contributed by atoms with E-state index < -0.39 is 29.1 Å². The minimum atomic E-state index is -1.06. The zero-order valence-electron chi connectivity index (χ0n) is 22.9. The van der Waals surface area contributed by atoms with Crippen LogP contribution in [0.1, 0.15) is 30.9 Å². The van der Waals surface area contributed by atoms with Gasteiger partial charge in [0.25, 0.3) is 0 Å². The van der Waals surface area contributed by atoms with Crippen molar-refractivity contribution < 1.29 is 42.8 Å². The van der Waals surface area contributed by atoms with Gasteiger partial charge in [0.1, 0.15) is 5.70 Å². The highest BCUT2D eigenvalue weighted by Gasteiger charge is 2.50. The summed E-state index contributed by atoms with van der Waals surface area (Å²) in [5.74, 6) is -2.15. The quantitative estimate of drug-likeness (QED) is 0.194. The van der Waals surface area contributed by atoms with Crippen molar-refractivity contribution in [2.75, 3.05) is 49.1 Å². The molecule has 0 N–H and O–H groups in total. The Hall–Kier alpha value is -3.63. The van der Waals surface area contributed by atoms with Crippen molar-refractivity contribution in [3.05, 3.63) is 58.8 Å². The molecule has 1 aromatic carbocycles. The number of hydrogen-bond donors (Lipinski definition) is 0. The third-order valence-electron chi connectivity index (χ3n) is 7.14. The summed E-state index contributed by atoms with van der Waals surface area (Å²) < 4.78 is 32.7. The normalized spacial score (nSPS) is 19.4. The van der Waals surface area contributed by atoms with Gasteiger partial charge in [-0.25, -0.2) is 9.59 Å². The molecule has 0 aromatic heterocycles. The van der Waals surface area contributed by atoms with Crippen LogP contribution in [0.3, 0.4) is 0 Å². The van der Waals surface area contributed by atoms with Crippen LogP contribution in [0.5, 0.6) is 11.5 Å². The summed E-state index contributed by atoms with van der Waals surface area (Å²) in [5.41, 5.74) is 2.01. The van der Waals surface area contributed by atoms with Crippen LogP contribution in [0.2, 0.25) is 0 Å². The van der Waals surface area contributed by atoms with Gasteiger partial charge < -0.3 is 33.3 Å². The summed E-state index contributed by atoms with van der Waals surface area (Å²) in [6, 6.07) is 3.74. The van der Waals surface area contributed by atoms with E-state index in [4.69, 9.17) is 28.4 Å². The van der Waals surface area contributed by atoms with Crippen LogP contribution in [-0.4, -0.2) is 77.7 Å². The molecule has 3 rings (SSSR count). The highest BCUT2D eigenvalue weighted by molar-refractivity contribution is 5.95. The van der Waals surface area contributed by atoms with Gasteiger partial charge in [0.05, 0.1) is 27.4 Å². The third kappa shape index (κ3) is 5.46. The first-order valence-corrected chi connectivity index (χ1v) is 12.1. The van der Waals surface area contributed by atoms with Crippen molar-refractivity contribution in [2.24, 2.45) is 0 Å². The molecule has 206 valence electrons. The van der Waals surface area contributed by atoms with Gasteiger partial charge in [-0.3, -0.25) is 4.79 Å². The predicted octanol–water partition coefficient (Wildman–Crippen LogP) is 2.84. The van der Waals surface area contributed by atoms with E-state index in [-0.39, 0.29) is 5.70 Å². The number of carbonyl (C=O) groups is 3. The zero-order valence-corrected chi connectivity index (χ0v) is 22.9. The van der Waals surface area contributed by atoms with Crippen molar-refractivity contribution in [2.45, 2.75) is 37.4 Å². The number of benzene rings is 1. The molecule has 0 saturated carbocycles. The Balaban J connectivity index is 2.19. The zero-order chi connectivity index (χ0) is 28.1. The molecule has 0 fully saturated rings. The fourth-order valence-corrected chi connectivity index (χ4v) is 5.18. The van der Waals surface area contributed by atoms with E-state index in [0.717, 1.165) is 22.8 Å². The van der Waals surface area contributed by atoms with E-state index >= 15 is 0 Å². The van der Waals surface area contributed by atoms with Crippen LogP contribution in [0.4, 0.5) is 0 Å². The maximum Gasteiger partial charge on any atom is 0.354 e. The average molecular weight is 530 g/mol. The highest BCUT2D eigenvalue weighted by Crippen LogP contribution is 2.55. The molecule has 1 unspecified atom stereocenters. The molecular formula is C28H35NO9. The van der Waals surface area contributed by atoms with Crippen molar-refractivity contribution in [3.8, 4) is 11.5 Å². The number of methoxy groups -OCH3 is 5. The fourth-order valence-electron chi connectivity index (χ4n) is 5.18. The van der Waals surface area contributed by atoms with E-state index in [9.17, 15) is 14.4 Å². The van der Waals surface area contributed by atoms with Gasteiger partial charge in [-0.1, -0.05) is 18.2 Å². The van der Waals surface area contributed by atoms with Crippen molar-refractivity contribution >= 4 is 17.9 Å². The molecule has 0 saturated heterocycles. The maximum atomic E-state index is 12.5. The monoisotopic (exact) mass is 529 g/mol. The molecule has 1 atom stereocenters. The van der Waals surface area contributed by atoms with Gasteiger partial charge in [0.15, 0.2) is 17.3 Å².